The van der Waals surface area contributed by atoms with Gasteiger partial charge in [-0.05, 0) is 43.2 Å². The van der Waals surface area contributed by atoms with Crippen LogP contribution in [0.25, 0.3) is 33.3 Å². The molecule has 1 saturated heterocycles. The van der Waals surface area contributed by atoms with Gasteiger partial charge in [-0.15, -0.1) is 0 Å². The standard InChI is InChI=1S/C26H23ClF2N4/c1-15-7-3-4-8-17(15)22-24-19(26(32-25(22)29)33-12-11-30-14-16(33)2)13-20(27)23(31-24)18-9-5-6-10-21(18)28/h3-10,13,16,30H,11-12,14H2,1-2H3/t16-/m0/s1. The average Bonchev–Trinajstić information content (AvgIpc) is 2.80. The van der Waals surface area contributed by atoms with E-state index in [1.807, 2.05) is 31.2 Å². The number of anilines is 1. The Morgan fingerprint density at radius 3 is 2.48 bits per heavy atom. The molecule has 0 amide bonds. The van der Waals surface area contributed by atoms with Gasteiger partial charge >= 0.3 is 0 Å². The number of piperazine rings is 1. The zero-order valence-electron chi connectivity index (χ0n) is 18.4. The molecule has 2 aromatic heterocycles. The highest BCUT2D eigenvalue weighted by Gasteiger charge is 2.27. The SMILES string of the molecule is Cc1ccccc1-c1c(F)nc(N2CCNC[C@@H]2C)c2cc(Cl)c(-c3ccccc3F)nc12. The Morgan fingerprint density at radius 1 is 1.03 bits per heavy atom. The Kier molecular flexibility index (Phi) is 5.72. The number of hydrogen-bond acceptors (Lipinski definition) is 4. The van der Waals surface area contributed by atoms with Crippen molar-refractivity contribution in [3.8, 4) is 22.4 Å². The van der Waals surface area contributed by atoms with Crippen LogP contribution in [0, 0.1) is 18.7 Å². The highest BCUT2D eigenvalue weighted by atomic mass is 35.5. The summed E-state index contributed by atoms with van der Waals surface area (Å²) in [5.41, 5.74) is 2.86. The van der Waals surface area contributed by atoms with Crippen LogP contribution in [0.5, 0.6) is 0 Å². The highest BCUT2D eigenvalue weighted by Crippen LogP contribution is 2.40. The molecule has 1 N–H and O–H groups in total. The second-order valence-corrected chi connectivity index (χ2v) is 8.76. The van der Waals surface area contributed by atoms with E-state index in [-0.39, 0.29) is 17.3 Å². The molecule has 1 aliphatic heterocycles. The van der Waals surface area contributed by atoms with Crippen molar-refractivity contribution in [3.63, 3.8) is 0 Å². The van der Waals surface area contributed by atoms with Crippen molar-refractivity contribution in [1.29, 1.82) is 0 Å². The van der Waals surface area contributed by atoms with E-state index in [0.29, 0.717) is 39.4 Å². The highest BCUT2D eigenvalue weighted by molar-refractivity contribution is 6.34. The maximum Gasteiger partial charge on any atom is 0.224 e. The van der Waals surface area contributed by atoms with Gasteiger partial charge in [0.05, 0.1) is 21.8 Å². The Bertz CT molecular complexity index is 1360. The molecule has 3 heterocycles. The number of hydrogen-bond donors (Lipinski definition) is 1. The number of nitrogens with one attached hydrogen (secondary N) is 1. The van der Waals surface area contributed by atoms with E-state index >= 15 is 4.39 Å². The van der Waals surface area contributed by atoms with Crippen LogP contribution < -0.4 is 10.2 Å². The molecule has 0 bridgehead atoms. The van der Waals surface area contributed by atoms with Crippen molar-refractivity contribution in [1.82, 2.24) is 15.3 Å². The van der Waals surface area contributed by atoms with Crippen molar-refractivity contribution in [2.75, 3.05) is 24.5 Å². The quantitative estimate of drug-likeness (QED) is 0.377. The van der Waals surface area contributed by atoms with Gasteiger partial charge in [-0.2, -0.15) is 4.39 Å². The molecule has 0 spiro atoms. The number of benzene rings is 2. The Labute approximate surface area is 196 Å². The summed E-state index contributed by atoms with van der Waals surface area (Å²) < 4.78 is 30.4. The summed E-state index contributed by atoms with van der Waals surface area (Å²) in [6.07, 6.45) is 0. The van der Waals surface area contributed by atoms with Crippen molar-refractivity contribution in [2.24, 2.45) is 0 Å². The van der Waals surface area contributed by atoms with E-state index in [4.69, 9.17) is 16.6 Å². The lowest BCUT2D eigenvalue weighted by Gasteiger charge is -2.35. The number of aromatic nitrogens is 2. The van der Waals surface area contributed by atoms with E-state index in [2.05, 4.69) is 22.1 Å². The molecule has 1 aliphatic rings. The molecule has 0 aliphatic carbocycles. The molecule has 1 atom stereocenters. The summed E-state index contributed by atoms with van der Waals surface area (Å²) in [7, 11) is 0. The predicted molar refractivity (Wildman–Crippen MR) is 130 cm³/mol. The van der Waals surface area contributed by atoms with E-state index in [9.17, 15) is 4.39 Å². The smallest absolute Gasteiger partial charge is 0.224 e. The number of nitrogens with zero attached hydrogens (tertiary/aromatic N) is 3. The first-order chi connectivity index (χ1) is 16.0. The van der Waals surface area contributed by atoms with Gasteiger partial charge in [-0.3, -0.25) is 0 Å². The third-order valence-electron chi connectivity index (χ3n) is 6.18. The zero-order valence-corrected chi connectivity index (χ0v) is 19.1. The van der Waals surface area contributed by atoms with Gasteiger partial charge < -0.3 is 10.2 Å². The average molecular weight is 465 g/mol. The molecule has 4 aromatic rings. The Morgan fingerprint density at radius 2 is 1.76 bits per heavy atom. The zero-order chi connectivity index (χ0) is 23.1. The monoisotopic (exact) mass is 464 g/mol. The minimum Gasteiger partial charge on any atom is -0.351 e. The fourth-order valence-electron chi connectivity index (χ4n) is 4.47. The molecule has 1 fully saturated rings. The number of aryl methyl sites for hydroxylation is 1. The topological polar surface area (TPSA) is 41.1 Å². The van der Waals surface area contributed by atoms with Crippen LogP contribution in [0.2, 0.25) is 5.02 Å². The van der Waals surface area contributed by atoms with Crippen LogP contribution in [0.1, 0.15) is 12.5 Å². The third-order valence-corrected chi connectivity index (χ3v) is 6.47. The lowest BCUT2D eigenvalue weighted by Crippen LogP contribution is -2.50. The minimum absolute atomic E-state index is 0.114. The van der Waals surface area contributed by atoms with Gasteiger partial charge in [0.25, 0.3) is 0 Å². The van der Waals surface area contributed by atoms with Crippen molar-refractivity contribution >= 4 is 28.3 Å². The van der Waals surface area contributed by atoms with Gasteiger partial charge in [0.1, 0.15) is 11.6 Å². The van der Waals surface area contributed by atoms with Crippen LogP contribution in [0.3, 0.4) is 0 Å². The largest absolute Gasteiger partial charge is 0.351 e. The van der Waals surface area contributed by atoms with E-state index in [1.165, 1.54) is 6.07 Å². The van der Waals surface area contributed by atoms with Crippen LogP contribution in [-0.2, 0) is 0 Å². The first-order valence-corrected chi connectivity index (χ1v) is 11.3. The lowest BCUT2D eigenvalue weighted by molar-refractivity contribution is 0.493. The number of halogens is 3. The molecule has 0 saturated carbocycles. The fraction of sp³-hybridized carbons (Fsp3) is 0.231. The first-order valence-electron chi connectivity index (χ1n) is 10.9. The Balaban J connectivity index is 1.86. The van der Waals surface area contributed by atoms with Gasteiger partial charge in [0.15, 0.2) is 0 Å². The maximum absolute atomic E-state index is 15.7. The molecular weight excluding hydrogens is 442 g/mol. The van der Waals surface area contributed by atoms with Gasteiger partial charge in [0.2, 0.25) is 5.95 Å². The van der Waals surface area contributed by atoms with Crippen molar-refractivity contribution in [2.45, 2.75) is 19.9 Å². The van der Waals surface area contributed by atoms with E-state index in [1.54, 1.807) is 24.3 Å². The fourth-order valence-corrected chi connectivity index (χ4v) is 4.72. The summed E-state index contributed by atoms with van der Waals surface area (Å²) in [5, 5.41) is 4.28. The maximum atomic E-state index is 15.7. The second-order valence-electron chi connectivity index (χ2n) is 8.36. The number of pyridine rings is 2. The molecular formula is C26H23ClF2N4. The first kappa shape index (κ1) is 21.7. The number of fused-ring (bicyclic) bond motifs is 1. The van der Waals surface area contributed by atoms with Crippen molar-refractivity contribution in [3.05, 3.63) is 76.9 Å². The summed E-state index contributed by atoms with van der Waals surface area (Å²) in [6, 6.07) is 15.7. The van der Waals surface area contributed by atoms with E-state index < -0.39 is 11.8 Å². The van der Waals surface area contributed by atoms with E-state index in [0.717, 1.165) is 18.7 Å². The second kappa shape index (κ2) is 8.69. The molecule has 7 heteroatoms. The molecule has 4 nitrogen and oxygen atoms in total. The summed E-state index contributed by atoms with van der Waals surface area (Å²) in [5.74, 6) is -0.538. The van der Waals surface area contributed by atoms with Crippen LogP contribution in [0.4, 0.5) is 14.6 Å². The molecule has 168 valence electrons. The van der Waals surface area contributed by atoms with Gasteiger partial charge in [-0.1, -0.05) is 48.0 Å². The molecule has 5 rings (SSSR count). The number of rotatable bonds is 3. The van der Waals surface area contributed by atoms with Gasteiger partial charge in [0, 0.05) is 36.6 Å². The van der Waals surface area contributed by atoms with Crippen LogP contribution >= 0.6 is 11.6 Å². The van der Waals surface area contributed by atoms with Crippen LogP contribution in [0.15, 0.2) is 54.6 Å². The van der Waals surface area contributed by atoms with Gasteiger partial charge in [-0.25, -0.2) is 14.4 Å². The van der Waals surface area contributed by atoms with Crippen LogP contribution in [-0.4, -0.2) is 35.6 Å². The summed E-state index contributed by atoms with van der Waals surface area (Å²) >= 11 is 6.64. The molecule has 33 heavy (non-hydrogen) atoms. The minimum atomic E-state index is -0.605. The Hall–Kier alpha value is -3.09. The lowest BCUT2D eigenvalue weighted by atomic mass is 9.98. The normalized spacial score (nSPS) is 16.4. The summed E-state index contributed by atoms with van der Waals surface area (Å²) in [6.45, 7) is 6.19. The predicted octanol–water partition coefficient (Wildman–Crippen LogP) is 6.00. The molecule has 0 radical (unpaired) electrons. The van der Waals surface area contributed by atoms with Crippen molar-refractivity contribution < 1.29 is 8.78 Å². The summed E-state index contributed by atoms with van der Waals surface area (Å²) in [4.78, 5) is 11.3. The third kappa shape index (κ3) is 3.83. The molecule has 2 aromatic carbocycles. The molecule has 0 unspecified atom stereocenters.